The minimum Gasteiger partial charge on any atom is -0.478 e. The molecule has 10 heteroatoms. The Morgan fingerprint density at radius 1 is 1.33 bits per heavy atom. The third kappa shape index (κ3) is 3.77. The smallest absolute Gasteiger partial charge is 0.335 e. The summed E-state index contributed by atoms with van der Waals surface area (Å²) in [5, 5.41) is 12.6. The van der Waals surface area contributed by atoms with E-state index in [0.717, 1.165) is 18.2 Å². The molecule has 1 aromatic carbocycles. The number of nitrogens with one attached hydrogen (secondary N) is 1. The second kappa shape index (κ2) is 6.65. The molecule has 0 saturated carbocycles. The molecule has 0 aliphatic heterocycles. The summed E-state index contributed by atoms with van der Waals surface area (Å²) in [5.74, 6) is -1.99. The lowest BCUT2D eigenvalue weighted by Gasteiger charge is -2.11. The lowest BCUT2D eigenvalue weighted by molar-refractivity contribution is 0.0696. The summed E-state index contributed by atoms with van der Waals surface area (Å²) in [4.78, 5) is 14.2. The predicted octanol–water partition coefficient (Wildman–Crippen LogP) is 2.07. The molecule has 0 unspecified atom stereocenters. The number of hydrogen-bond acceptors (Lipinski definition) is 6. The molecule has 0 bridgehead atoms. The fraction of sp³-hybridized carbons (Fsp3) is 0.357. The Morgan fingerprint density at radius 2 is 2.00 bits per heavy atom. The zero-order valence-corrected chi connectivity index (χ0v) is 14.0. The van der Waals surface area contributed by atoms with E-state index in [9.17, 15) is 17.6 Å². The highest BCUT2D eigenvalue weighted by Gasteiger charge is 2.26. The van der Waals surface area contributed by atoms with Crippen LogP contribution in [0.25, 0.3) is 0 Å². The summed E-state index contributed by atoms with van der Waals surface area (Å²) in [7, 11) is -4.32. The molecule has 0 aliphatic rings. The minimum atomic E-state index is -4.32. The van der Waals surface area contributed by atoms with E-state index in [4.69, 9.17) is 9.63 Å². The SMILES string of the molecule is CC(C)c1noc([C@H](C)NS(=O)(=O)c2cc(C(=O)O)ccc2F)n1. The molecule has 2 N–H and O–H groups in total. The largest absolute Gasteiger partial charge is 0.478 e. The van der Waals surface area contributed by atoms with Crippen molar-refractivity contribution >= 4 is 16.0 Å². The van der Waals surface area contributed by atoms with E-state index in [0.29, 0.717) is 5.82 Å². The van der Waals surface area contributed by atoms with Crippen molar-refractivity contribution in [1.82, 2.24) is 14.9 Å². The minimum absolute atomic E-state index is 0.00370. The Hall–Kier alpha value is -2.33. The molecule has 2 rings (SSSR count). The van der Waals surface area contributed by atoms with Gasteiger partial charge in [0.2, 0.25) is 15.9 Å². The van der Waals surface area contributed by atoms with Gasteiger partial charge in [-0.1, -0.05) is 19.0 Å². The molecule has 1 heterocycles. The van der Waals surface area contributed by atoms with Crippen LogP contribution in [-0.2, 0) is 10.0 Å². The van der Waals surface area contributed by atoms with Crippen molar-refractivity contribution in [2.24, 2.45) is 0 Å². The van der Waals surface area contributed by atoms with Crippen LogP contribution in [0.15, 0.2) is 27.6 Å². The van der Waals surface area contributed by atoms with Crippen LogP contribution in [-0.4, -0.2) is 29.6 Å². The predicted molar refractivity (Wildman–Crippen MR) is 80.5 cm³/mol. The van der Waals surface area contributed by atoms with Crippen molar-refractivity contribution in [3.8, 4) is 0 Å². The maximum Gasteiger partial charge on any atom is 0.335 e. The van der Waals surface area contributed by atoms with E-state index in [1.165, 1.54) is 6.92 Å². The van der Waals surface area contributed by atoms with Crippen molar-refractivity contribution in [2.75, 3.05) is 0 Å². The van der Waals surface area contributed by atoms with Gasteiger partial charge in [-0.25, -0.2) is 17.6 Å². The molecule has 1 aromatic heterocycles. The van der Waals surface area contributed by atoms with Crippen molar-refractivity contribution < 1.29 is 27.2 Å². The summed E-state index contributed by atoms with van der Waals surface area (Å²) in [6.07, 6.45) is 0. The van der Waals surface area contributed by atoms with Gasteiger partial charge in [0.25, 0.3) is 0 Å². The summed E-state index contributed by atoms with van der Waals surface area (Å²) >= 11 is 0. The fourth-order valence-electron chi connectivity index (χ4n) is 1.85. The van der Waals surface area contributed by atoms with Crippen LogP contribution >= 0.6 is 0 Å². The van der Waals surface area contributed by atoms with E-state index in [2.05, 4.69) is 14.9 Å². The second-order valence-electron chi connectivity index (χ2n) is 5.44. The molecule has 0 fully saturated rings. The second-order valence-corrected chi connectivity index (χ2v) is 7.12. The van der Waals surface area contributed by atoms with Gasteiger partial charge in [-0.2, -0.15) is 9.71 Å². The molecule has 1 atom stereocenters. The molecule has 8 nitrogen and oxygen atoms in total. The zero-order valence-electron chi connectivity index (χ0n) is 13.1. The Labute approximate surface area is 137 Å². The van der Waals surface area contributed by atoms with Gasteiger partial charge in [0, 0.05) is 5.92 Å². The third-order valence-electron chi connectivity index (χ3n) is 3.14. The van der Waals surface area contributed by atoms with E-state index in [-0.39, 0.29) is 17.4 Å². The van der Waals surface area contributed by atoms with Crippen molar-refractivity contribution in [3.63, 3.8) is 0 Å². The molecule has 24 heavy (non-hydrogen) atoms. The van der Waals surface area contributed by atoms with E-state index in [1.54, 1.807) is 0 Å². The quantitative estimate of drug-likeness (QED) is 0.811. The third-order valence-corrected chi connectivity index (χ3v) is 4.70. The number of carboxylic acid groups (broad SMARTS) is 1. The topological polar surface area (TPSA) is 122 Å². The highest BCUT2D eigenvalue weighted by atomic mass is 32.2. The summed E-state index contributed by atoms with van der Waals surface area (Å²) in [5.41, 5.74) is -0.343. The number of aromatic carboxylic acids is 1. The van der Waals surface area contributed by atoms with Gasteiger partial charge in [0.05, 0.1) is 11.6 Å². The van der Waals surface area contributed by atoms with Gasteiger partial charge >= 0.3 is 5.97 Å². The van der Waals surface area contributed by atoms with Crippen LogP contribution in [0.3, 0.4) is 0 Å². The summed E-state index contributed by atoms with van der Waals surface area (Å²) < 4.78 is 45.6. The van der Waals surface area contributed by atoms with Crippen LogP contribution in [0, 0.1) is 5.82 Å². The maximum absolute atomic E-state index is 13.8. The van der Waals surface area contributed by atoms with E-state index >= 15 is 0 Å². The maximum atomic E-state index is 13.8. The van der Waals surface area contributed by atoms with E-state index < -0.39 is 32.7 Å². The van der Waals surface area contributed by atoms with Crippen molar-refractivity contribution in [1.29, 1.82) is 0 Å². The highest BCUT2D eigenvalue weighted by Crippen LogP contribution is 2.21. The number of carbonyl (C=O) groups is 1. The van der Waals surface area contributed by atoms with Gasteiger partial charge < -0.3 is 9.63 Å². The van der Waals surface area contributed by atoms with E-state index in [1.807, 2.05) is 13.8 Å². The number of halogens is 1. The number of rotatable bonds is 6. The monoisotopic (exact) mass is 357 g/mol. The van der Waals surface area contributed by atoms with Gasteiger partial charge in [-0.3, -0.25) is 0 Å². The van der Waals surface area contributed by atoms with Gasteiger partial charge in [0.1, 0.15) is 10.7 Å². The lowest BCUT2D eigenvalue weighted by Crippen LogP contribution is -2.28. The molecular weight excluding hydrogens is 341 g/mol. The molecule has 0 amide bonds. The normalized spacial score (nSPS) is 13.2. The molecule has 0 saturated heterocycles. The Balaban J connectivity index is 2.30. The average molecular weight is 357 g/mol. The van der Waals surface area contributed by atoms with Crippen LogP contribution < -0.4 is 4.72 Å². The number of sulfonamides is 1. The number of nitrogens with zero attached hydrogens (tertiary/aromatic N) is 2. The number of hydrogen-bond donors (Lipinski definition) is 2. The van der Waals surface area contributed by atoms with Gasteiger partial charge in [0.15, 0.2) is 5.82 Å². The summed E-state index contributed by atoms with van der Waals surface area (Å²) in [6.45, 7) is 5.14. The standard InChI is InChI=1S/C14H16FN3O5S/c1-7(2)12-16-13(23-17-12)8(3)18-24(21,22)11-6-9(14(19)20)4-5-10(11)15/h4-8,18H,1-3H3,(H,19,20)/t8-/m0/s1. The average Bonchev–Trinajstić information content (AvgIpc) is 2.96. The fourth-order valence-corrected chi connectivity index (χ4v) is 3.15. The van der Waals surface area contributed by atoms with Gasteiger partial charge in [-0.05, 0) is 25.1 Å². The summed E-state index contributed by atoms with van der Waals surface area (Å²) in [6, 6.07) is 1.60. The first-order valence-electron chi connectivity index (χ1n) is 7.00. The first-order valence-corrected chi connectivity index (χ1v) is 8.49. The van der Waals surface area contributed by atoms with Crippen molar-refractivity contribution in [3.05, 3.63) is 41.3 Å². The highest BCUT2D eigenvalue weighted by molar-refractivity contribution is 7.89. The molecule has 0 spiro atoms. The van der Waals surface area contributed by atoms with Crippen LogP contribution in [0.4, 0.5) is 4.39 Å². The Bertz CT molecular complexity index is 863. The van der Waals surface area contributed by atoms with Crippen LogP contribution in [0.5, 0.6) is 0 Å². The number of carboxylic acids is 1. The molecule has 0 radical (unpaired) electrons. The molecular formula is C14H16FN3O5S. The Kier molecular flexibility index (Phi) is 4.99. The zero-order chi connectivity index (χ0) is 18.1. The van der Waals surface area contributed by atoms with Crippen molar-refractivity contribution in [2.45, 2.75) is 37.6 Å². The van der Waals surface area contributed by atoms with Crippen LogP contribution in [0.2, 0.25) is 0 Å². The number of benzene rings is 1. The molecule has 130 valence electrons. The molecule has 2 aromatic rings. The Morgan fingerprint density at radius 3 is 2.54 bits per heavy atom. The van der Waals surface area contributed by atoms with Gasteiger partial charge in [-0.15, -0.1) is 0 Å². The first-order chi connectivity index (χ1) is 11.1. The lowest BCUT2D eigenvalue weighted by atomic mass is 10.2. The first kappa shape index (κ1) is 18.0. The molecule has 0 aliphatic carbocycles. The number of aromatic nitrogens is 2. The van der Waals surface area contributed by atoms with Crippen LogP contribution in [0.1, 0.15) is 54.8 Å².